The van der Waals surface area contributed by atoms with E-state index < -0.39 is 0 Å². The molecule has 1 N–H and O–H groups in total. The van der Waals surface area contributed by atoms with Crippen molar-refractivity contribution < 1.29 is 0 Å². The molecule has 2 rings (SSSR count). The average molecular weight is 239 g/mol. The van der Waals surface area contributed by atoms with Crippen molar-refractivity contribution in [2.24, 2.45) is 0 Å². The quantitative estimate of drug-likeness (QED) is 0.727. The minimum absolute atomic E-state index is 0.812. The third-order valence-electron chi connectivity index (χ3n) is 4.02. The van der Waals surface area contributed by atoms with E-state index in [2.05, 4.69) is 29.2 Å². The molecule has 0 bridgehead atoms. The van der Waals surface area contributed by atoms with Gasteiger partial charge in [-0.05, 0) is 65.8 Å². The molecule has 1 saturated carbocycles. The second kappa shape index (κ2) is 6.72. The van der Waals surface area contributed by atoms with Gasteiger partial charge in [-0.25, -0.2) is 0 Å². The lowest BCUT2D eigenvalue weighted by Gasteiger charge is -2.36. The Morgan fingerprint density at radius 1 is 1.18 bits per heavy atom. The molecule has 1 atom stereocenters. The number of hydrogen-bond acceptors (Lipinski definition) is 3. The van der Waals surface area contributed by atoms with Crippen molar-refractivity contribution in [3.63, 3.8) is 0 Å². The van der Waals surface area contributed by atoms with E-state index in [1.54, 1.807) is 0 Å². The maximum absolute atomic E-state index is 3.70. The van der Waals surface area contributed by atoms with Gasteiger partial charge in [-0.3, -0.25) is 4.90 Å². The van der Waals surface area contributed by atoms with Crippen LogP contribution in [0.1, 0.15) is 38.5 Å². The van der Waals surface area contributed by atoms with Gasteiger partial charge < -0.3 is 10.2 Å². The summed E-state index contributed by atoms with van der Waals surface area (Å²) in [6.07, 6.45) is 8.37. The summed E-state index contributed by atoms with van der Waals surface area (Å²) in [5, 5.41) is 3.70. The summed E-state index contributed by atoms with van der Waals surface area (Å²) in [5.41, 5.74) is 0. The maximum Gasteiger partial charge on any atom is 0.0220 e. The zero-order valence-electron chi connectivity index (χ0n) is 11.6. The number of nitrogens with one attached hydrogen (secondary N) is 1. The molecule has 1 heterocycles. The first-order valence-electron chi connectivity index (χ1n) is 7.38. The Hall–Kier alpha value is -0.120. The molecule has 0 aromatic heterocycles. The molecule has 0 aromatic carbocycles. The summed E-state index contributed by atoms with van der Waals surface area (Å²) in [4.78, 5) is 5.02. The maximum atomic E-state index is 3.70. The largest absolute Gasteiger partial charge is 0.312 e. The van der Waals surface area contributed by atoms with Crippen LogP contribution in [-0.2, 0) is 0 Å². The predicted molar refractivity (Wildman–Crippen MR) is 73.4 cm³/mol. The monoisotopic (exact) mass is 239 g/mol. The van der Waals surface area contributed by atoms with Crippen LogP contribution in [0.15, 0.2) is 0 Å². The molecule has 0 aromatic rings. The van der Waals surface area contributed by atoms with Gasteiger partial charge in [0.25, 0.3) is 0 Å². The molecule has 3 nitrogen and oxygen atoms in total. The number of likely N-dealkylation sites (tertiary alicyclic amines) is 1. The standard InChI is InChI=1S/C14H29N3/c1-16(2)9-5-11-17-10-4-3-6-14(17)12-15-13-7-8-13/h13-15H,3-12H2,1-2H3. The first-order valence-corrected chi connectivity index (χ1v) is 7.38. The molecule has 3 heteroatoms. The Balaban J connectivity index is 1.67. The fraction of sp³-hybridized carbons (Fsp3) is 1.00. The molecule has 0 spiro atoms. The number of piperidine rings is 1. The van der Waals surface area contributed by atoms with Crippen LogP contribution in [0, 0.1) is 0 Å². The van der Waals surface area contributed by atoms with Gasteiger partial charge in [0.2, 0.25) is 0 Å². The van der Waals surface area contributed by atoms with E-state index in [1.807, 2.05) is 0 Å². The lowest BCUT2D eigenvalue weighted by molar-refractivity contribution is 0.139. The van der Waals surface area contributed by atoms with E-state index in [1.165, 1.54) is 64.7 Å². The van der Waals surface area contributed by atoms with Crippen LogP contribution >= 0.6 is 0 Å². The lowest BCUT2D eigenvalue weighted by atomic mass is 10.0. The number of hydrogen-bond donors (Lipinski definition) is 1. The van der Waals surface area contributed by atoms with Crippen LogP contribution in [0.5, 0.6) is 0 Å². The molecule has 2 fully saturated rings. The molecular weight excluding hydrogens is 210 g/mol. The smallest absolute Gasteiger partial charge is 0.0220 e. The fourth-order valence-corrected chi connectivity index (χ4v) is 2.77. The highest BCUT2D eigenvalue weighted by Gasteiger charge is 2.25. The summed E-state index contributed by atoms with van der Waals surface area (Å²) in [6.45, 7) is 5.06. The molecular formula is C14H29N3. The van der Waals surface area contributed by atoms with Crippen LogP contribution in [0.25, 0.3) is 0 Å². The van der Waals surface area contributed by atoms with E-state index in [9.17, 15) is 0 Å². The van der Waals surface area contributed by atoms with Crippen molar-refractivity contribution in [3.05, 3.63) is 0 Å². The first kappa shape index (κ1) is 13.3. The number of nitrogens with zero attached hydrogens (tertiary/aromatic N) is 2. The average Bonchev–Trinajstić information content (AvgIpc) is 3.11. The first-order chi connectivity index (χ1) is 8.25. The highest BCUT2D eigenvalue weighted by molar-refractivity contribution is 4.85. The van der Waals surface area contributed by atoms with Crippen LogP contribution in [0.2, 0.25) is 0 Å². The van der Waals surface area contributed by atoms with E-state index in [0.717, 1.165) is 12.1 Å². The molecule has 100 valence electrons. The van der Waals surface area contributed by atoms with Gasteiger partial charge >= 0.3 is 0 Å². The molecule has 0 radical (unpaired) electrons. The zero-order chi connectivity index (χ0) is 12.1. The highest BCUT2D eigenvalue weighted by Crippen LogP contribution is 2.21. The Morgan fingerprint density at radius 3 is 2.71 bits per heavy atom. The third kappa shape index (κ3) is 4.94. The second-order valence-electron chi connectivity index (χ2n) is 6.02. The Bertz CT molecular complexity index is 214. The van der Waals surface area contributed by atoms with Gasteiger partial charge in [-0.15, -0.1) is 0 Å². The molecule has 1 unspecified atom stereocenters. The van der Waals surface area contributed by atoms with Gasteiger partial charge in [-0.1, -0.05) is 6.42 Å². The summed E-state index contributed by atoms with van der Waals surface area (Å²) < 4.78 is 0. The van der Waals surface area contributed by atoms with E-state index in [-0.39, 0.29) is 0 Å². The summed E-state index contributed by atoms with van der Waals surface area (Å²) in [7, 11) is 4.34. The summed E-state index contributed by atoms with van der Waals surface area (Å²) in [5.74, 6) is 0. The molecule has 2 aliphatic rings. The normalized spacial score (nSPS) is 26.6. The van der Waals surface area contributed by atoms with Crippen LogP contribution in [0.3, 0.4) is 0 Å². The van der Waals surface area contributed by atoms with Crippen LogP contribution in [-0.4, -0.2) is 62.2 Å². The lowest BCUT2D eigenvalue weighted by Crippen LogP contribution is -2.46. The van der Waals surface area contributed by atoms with Crippen molar-refractivity contribution in [1.82, 2.24) is 15.1 Å². The van der Waals surface area contributed by atoms with Gasteiger partial charge in [-0.2, -0.15) is 0 Å². The van der Waals surface area contributed by atoms with Crippen molar-refractivity contribution in [2.45, 2.75) is 50.6 Å². The van der Waals surface area contributed by atoms with Gasteiger partial charge in [0.1, 0.15) is 0 Å². The highest BCUT2D eigenvalue weighted by atomic mass is 15.2. The van der Waals surface area contributed by atoms with E-state index >= 15 is 0 Å². The van der Waals surface area contributed by atoms with Crippen molar-refractivity contribution in [2.75, 3.05) is 40.3 Å². The van der Waals surface area contributed by atoms with Crippen LogP contribution < -0.4 is 5.32 Å². The summed E-state index contributed by atoms with van der Waals surface area (Å²) in [6, 6.07) is 1.67. The minimum Gasteiger partial charge on any atom is -0.312 e. The number of rotatable bonds is 7. The zero-order valence-corrected chi connectivity index (χ0v) is 11.6. The van der Waals surface area contributed by atoms with E-state index in [4.69, 9.17) is 0 Å². The van der Waals surface area contributed by atoms with Gasteiger partial charge in [0.05, 0.1) is 0 Å². The van der Waals surface area contributed by atoms with Gasteiger partial charge in [0, 0.05) is 18.6 Å². The molecule has 1 aliphatic heterocycles. The Labute approximate surface area is 107 Å². The topological polar surface area (TPSA) is 18.5 Å². The third-order valence-corrected chi connectivity index (χ3v) is 4.02. The molecule has 1 aliphatic carbocycles. The van der Waals surface area contributed by atoms with Crippen molar-refractivity contribution >= 4 is 0 Å². The Kier molecular flexibility index (Phi) is 5.26. The summed E-state index contributed by atoms with van der Waals surface area (Å²) >= 11 is 0. The minimum atomic E-state index is 0.812. The Morgan fingerprint density at radius 2 is 2.00 bits per heavy atom. The van der Waals surface area contributed by atoms with Crippen LogP contribution in [0.4, 0.5) is 0 Å². The van der Waals surface area contributed by atoms with E-state index in [0.29, 0.717) is 0 Å². The van der Waals surface area contributed by atoms with Gasteiger partial charge in [0.15, 0.2) is 0 Å². The molecule has 17 heavy (non-hydrogen) atoms. The fourth-order valence-electron chi connectivity index (χ4n) is 2.77. The molecule has 0 amide bonds. The molecule has 1 saturated heterocycles. The SMILES string of the molecule is CN(C)CCCN1CCCCC1CNC1CC1. The van der Waals surface area contributed by atoms with Crippen molar-refractivity contribution in [3.8, 4) is 0 Å². The predicted octanol–water partition coefficient (Wildman–Crippen LogP) is 1.54. The second-order valence-corrected chi connectivity index (χ2v) is 6.02. The van der Waals surface area contributed by atoms with Crippen molar-refractivity contribution in [1.29, 1.82) is 0 Å².